The molecule has 1 aliphatic heterocycles. The number of rotatable bonds is 6. The molecule has 1 saturated carbocycles. The van der Waals surface area contributed by atoms with E-state index in [-0.39, 0.29) is 0 Å². The van der Waals surface area contributed by atoms with Gasteiger partial charge in [-0.15, -0.1) is 0 Å². The van der Waals surface area contributed by atoms with Crippen molar-refractivity contribution >= 4 is 0 Å². The summed E-state index contributed by atoms with van der Waals surface area (Å²) in [7, 11) is 0. The predicted octanol–water partition coefficient (Wildman–Crippen LogP) is 2.98. The Labute approximate surface area is 121 Å². The third-order valence-corrected chi connectivity index (χ3v) is 4.71. The SMILES string of the molecule is c1nn(CCC2CCCCC2)cc1OCC1CCCN1. The van der Waals surface area contributed by atoms with Crippen LogP contribution in [0.25, 0.3) is 0 Å². The van der Waals surface area contributed by atoms with Crippen molar-refractivity contribution in [2.75, 3.05) is 13.2 Å². The van der Waals surface area contributed by atoms with Crippen LogP contribution in [0.4, 0.5) is 0 Å². The summed E-state index contributed by atoms with van der Waals surface area (Å²) in [5.41, 5.74) is 0. The van der Waals surface area contributed by atoms with Gasteiger partial charge in [-0.1, -0.05) is 32.1 Å². The number of aryl methyl sites for hydroxylation is 1. The Morgan fingerprint density at radius 1 is 1.20 bits per heavy atom. The van der Waals surface area contributed by atoms with Crippen LogP contribution in [0.1, 0.15) is 51.4 Å². The molecule has 1 atom stereocenters. The van der Waals surface area contributed by atoms with Gasteiger partial charge < -0.3 is 10.1 Å². The van der Waals surface area contributed by atoms with Gasteiger partial charge in [0.25, 0.3) is 0 Å². The second-order valence-corrected chi connectivity index (χ2v) is 6.34. The minimum atomic E-state index is 0.528. The molecule has 1 N–H and O–H groups in total. The second kappa shape index (κ2) is 7.11. The monoisotopic (exact) mass is 277 g/mol. The van der Waals surface area contributed by atoms with E-state index >= 15 is 0 Å². The molecule has 1 aromatic heterocycles. The molecule has 20 heavy (non-hydrogen) atoms. The van der Waals surface area contributed by atoms with E-state index in [2.05, 4.69) is 16.6 Å². The standard InChI is InChI=1S/C16H27N3O/c1-2-5-14(6-3-1)8-10-19-12-16(11-18-19)20-13-15-7-4-9-17-15/h11-12,14-15,17H,1-10,13H2. The Morgan fingerprint density at radius 2 is 2.10 bits per heavy atom. The number of ether oxygens (including phenoxy) is 1. The molecule has 1 aromatic rings. The average Bonchev–Trinajstić information content (AvgIpc) is 3.16. The first-order valence-corrected chi connectivity index (χ1v) is 8.29. The molecule has 1 saturated heterocycles. The molecule has 0 aromatic carbocycles. The van der Waals surface area contributed by atoms with E-state index in [9.17, 15) is 0 Å². The topological polar surface area (TPSA) is 39.1 Å². The minimum Gasteiger partial charge on any atom is -0.489 e. The highest BCUT2D eigenvalue weighted by molar-refractivity contribution is 5.11. The molecular formula is C16H27N3O. The summed E-state index contributed by atoms with van der Waals surface area (Å²) in [6.07, 6.45) is 14.8. The van der Waals surface area contributed by atoms with Gasteiger partial charge in [-0.2, -0.15) is 5.10 Å². The summed E-state index contributed by atoms with van der Waals surface area (Å²) >= 11 is 0. The zero-order chi connectivity index (χ0) is 13.6. The molecule has 0 spiro atoms. The van der Waals surface area contributed by atoms with Gasteiger partial charge in [-0.25, -0.2) is 0 Å². The minimum absolute atomic E-state index is 0.528. The number of nitrogens with zero attached hydrogens (tertiary/aromatic N) is 2. The van der Waals surface area contributed by atoms with Crippen LogP contribution in [-0.4, -0.2) is 29.0 Å². The Bertz CT molecular complexity index is 392. The number of aromatic nitrogens is 2. The van der Waals surface area contributed by atoms with Crippen LogP contribution in [0.2, 0.25) is 0 Å². The van der Waals surface area contributed by atoms with Crippen molar-refractivity contribution < 1.29 is 4.74 Å². The summed E-state index contributed by atoms with van der Waals surface area (Å²) in [6, 6.07) is 0.528. The quantitative estimate of drug-likeness (QED) is 0.869. The van der Waals surface area contributed by atoms with Gasteiger partial charge in [0.05, 0.1) is 12.4 Å². The average molecular weight is 277 g/mol. The fourth-order valence-corrected chi connectivity index (χ4v) is 3.43. The van der Waals surface area contributed by atoms with Gasteiger partial charge in [0, 0.05) is 12.6 Å². The zero-order valence-corrected chi connectivity index (χ0v) is 12.4. The third kappa shape index (κ3) is 3.98. The lowest BCUT2D eigenvalue weighted by molar-refractivity contribution is 0.276. The molecule has 4 nitrogen and oxygen atoms in total. The Hall–Kier alpha value is -1.03. The third-order valence-electron chi connectivity index (χ3n) is 4.71. The fourth-order valence-electron chi connectivity index (χ4n) is 3.43. The van der Waals surface area contributed by atoms with Gasteiger partial charge in [0.15, 0.2) is 5.75 Å². The predicted molar refractivity (Wildman–Crippen MR) is 79.9 cm³/mol. The lowest BCUT2D eigenvalue weighted by Crippen LogP contribution is -2.28. The molecule has 1 aliphatic carbocycles. The first-order valence-electron chi connectivity index (χ1n) is 8.29. The van der Waals surface area contributed by atoms with Crippen molar-refractivity contribution in [1.82, 2.24) is 15.1 Å². The van der Waals surface area contributed by atoms with Crippen LogP contribution in [0, 0.1) is 5.92 Å². The first-order chi connectivity index (χ1) is 9.90. The lowest BCUT2D eigenvalue weighted by atomic mass is 9.87. The van der Waals surface area contributed by atoms with E-state index in [4.69, 9.17) is 4.74 Å². The highest BCUT2D eigenvalue weighted by atomic mass is 16.5. The summed E-state index contributed by atoms with van der Waals surface area (Å²) in [4.78, 5) is 0. The van der Waals surface area contributed by atoms with Crippen LogP contribution < -0.4 is 10.1 Å². The molecule has 0 bridgehead atoms. The van der Waals surface area contributed by atoms with Crippen molar-refractivity contribution in [3.05, 3.63) is 12.4 Å². The zero-order valence-electron chi connectivity index (χ0n) is 12.4. The molecule has 1 unspecified atom stereocenters. The van der Waals surface area contributed by atoms with Crippen LogP contribution >= 0.6 is 0 Å². The largest absolute Gasteiger partial charge is 0.489 e. The molecule has 2 aliphatic rings. The van der Waals surface area contributed by atoms with E-state index in [1.165, 1.54) is 51.4 Å². The maximum atomic E-state index is 5.82. The van der Waals surface area contributed by atoms with Crippen LogP contribution in [0.15, 0.2) is 12.4 Å². The Kier molecular flexibility index (Phi) is 4.96. The van der Waals surface area contributed by atoms with E-state index in [0.29, 0.717) is 6.04 Å². The van der Waals surface area contributed by atoms with Crippen molar-refractivity contribution in [2.24, 2.45) is 5.92 Å². The molecule has 4 heteroatoms. The van der Waals surface area contributed by atoms with E-state index in [1.54, 1.807) is 0 Å². The Balaban J connectivity index is 1.39. The van der Waals surface area contributed by atoms with Crippen molar-refractivity contribution in [3.8, 4) is 5.75 Å². The molecule has 0 amide bonds. The van der Waals surface area contributed by atoms with Crippen molar-refractivity contribution in [1.29, 1.82) is 0 Å². The second-order valence-electron chi connectivity index (χ2n) is 6.34. The lowest BCUT2D eigenvalue weighted by Gasteiger charge is -2.21. The number of hydrogen-bond donors (Lipinski definition) is 1. The summed E-state index contributed by atoms with van der Waals surface area (Å²) in [5, 5.41) is 7.87. The molecule has 112 valence electrons. The van der Waals surface area contributed by atoms with Crippen LogP contribution in [-0.2, 0) is 6.54 Å². The van der Waals surface area contributed by atoms with Gasteiger partial charge in [-0.3, -0.25) is 4.68 Å². The first kappa shape index (κ1) is 13.9. The summed E-state index contributed by atoms with van der Waals surface area (Å²) in [6.45, 7) is 2.94. The van der Waals surface area contributed by atoms with Crippen LogP contribution in [0.5, 0.6) is 5.75 Å². The van der Waals surface area contributed by atoms with E-state index < -0.39 is 0 Å². The summed E-state index contributed by atoms with van der Waals surface area (Å²) < 4.78 is 7.86. The van der Waals surface area contributed by atoms with Crippen molar-refractivity contribution in [3.63, 3.8) is 0 Å². The fraction of sp³-hybridized carbons (Fsp3) is 0.812. The van der Waals surface area contributed by atoms with E-state index in [1.807, 2.05) is 10.9 Å². The van der Waals surface area contributed by atoms with Crippen molar-refractivity contribution in [2.45, 2.75) is 64.0 Å². The number of hydrogen-bond acceptors (Lipinski definition) is 3. The van der Waals surface area contributed by atoms with Gasteiger partial charge in [0.1, 0.15) is 6.61 Å². The molecule has 3 rings (SSSR count). The molecule has 0 radical (unpaired) electrons. The highest BCUT2D eigenvalue weighted by Gasteiger charge is 2.15. The van der Waals surface area contributed by atoms with Crippen LogP contribution in [0.3, 0.4) is 0 Å². The molecule has 2 heterocycles. The normalized spacial score (nSPS) is 24.1. The Morgan fingerprint density at radius 3 is 2.90 bits per heavy atom. The highest BCUT2D eigenvalue weighted by Crippen LogP contribution is 2.26. The maximum absolute atomic E-state index is 5.82. The number of nitrogens with one attached hydrogen (secondary N) is 1. The molecular weight excluding hydrogens is 250 g/mol. The molecule has 2 fully saturated rings. The van der Waals surface area contributed by atoms with Gasteiger partial charge in [-0.05, 0) is 31.7 Å². The van der Waals surface area contributed by atoms with E-state index in [0.717, 1.165) is 31.4 Å². The summed E-state index contributed by atoms with van der Waals surface area (Å²) in [5.74, 6) is 1.84. The van der Waals surface area contributed by atoms with Gasteiger partial charge >= 0.3 is 0 Å². The smallest absolute Gasteiger partial charge is 0.157 e. The van der Waals surface area contributed by atoms with Gasteiger partial charge in [0.2, 0.25) is 0 Å². The maximum Gasteiger partial charge on any atom is 0.157 e.